The minimum Gasteiger partial charge on any atom is -0.415 e. The Morgan fingerprint density at radius 2 is 1.86 bits per heavy atom. The number of benzene rings is 1. The first-order chi connectivity index (χ1) is 6.88. The molecule has 0 aliphatic heterocycles. The van der Waals surface area contributed by atoms with Crippen molar-refractivity contribution in [3.05, 3.63) is 30.3 Å². The highest BCUT2D eigenvalue weighted by molar-refractivity contribution is 6.67. The quantitative estimate of drug-likeness (QED) is 0.515. The van der Waals surface area contributed by atoms with E-state index >= 15 is 0 Å². The monoisotopic (exact) mass is 208 g/mol. The predicted octanol–water partition coefficient (Wildman–Crippen LogP) is 2.45. The van der Waals surface area contributed by atoms with Gasteiger partial charge >= 0.3 is 0 Å². The zero-order chi connectivity index (χ0) is 10.2. The Morgan fingerprint density at radius 1 is 1.14 bits per heavy atom. The fourth-order valence-corrected chi connectivity index (χ4v) is 3.49. The second-order valence-corrected chi connectivity index (χ2v) is 6.33. The topological polar surface area (TPSA) is 9.23 Å². The molecule has 0 amide bonds. The Kier molecular flexibility index (Phi) is 5.57. The van der Waals surface area contributed by atoms with Crippen molar-refractivity contribution in [2.75, 3.05) is 6.61 Å². The molecule has 1 aromatic rings. The Morgan fingerprint density at radius 3 is 2.43 bits per heavy atom. The summed E-state index contributed by atoms with van der Waals surface area (Å²) >= 11 is 0. The molecule has 14 heavy (non-hydrogen) atoms. The van der Waals surface area contributed by atoms with Crippen LogP contribution in [0.15, 0.2) is 30.3 Å². The molecule has 1 nitrogen and oxygen atoms in total. The molecule has 0 heterocycles. The van der Waals surface area contributed by atoms with Gasteiger partial charge in [0.15, 0.2) is 0 Å². The van der Waals surface area contributed by atoms with E-state index in [1.54, 1.807) is 0 Å². The molecule has 0 N–H and O–H groups in total. The lowest BCUT2D eigenvalue weighted by atomic mass is 10.4. The lowest BCUT2D eigenvalue weighted by Crippen LogP contribution is -2.32. The van der Waals surface area contributed by atoms with Crippen LogP contribution in [0.5, 0.6) is 0 Å². The molecule has 0 saturated heterocycles. The Balaban J connectivity index is 2.46. The molecule has 0 fully saturated rings. The zero-order valence-corrected chi connectivity index (χ0v) is 10.4. The summed E-state index contributed by atoms with van der Waals surface area (Å²) in [6, 6.07) is 11.9. The first kappa shape index (κ1) is 11.5. The molecule has 2 heteroatoms. The fourth-order valence-electron chi connectivity index (χ4n) is 1.49. The number of hydrogen-bond acceptors (Lipinski definition) is 1. The molecule has 78 valence electrons. The van der Waals surface area contributed by atoms with Crippen molar-refractivity contribution in [3.63, 3.8) is 0 Å². The van der Waals surface area contributed by atoms with Crippen molar-refractivity contribution in [2.45, 2.75) is 32.7 Å². The van der Waals surface area contributed by atoms with Crippen molar-refractivity contribution in [1.29, 1.82) is 0 Å². The normalized spacial score (nSPS) is 12.7. The van der Waals surface area contributed by atoms with Gasteiger partial charge in [-0.15, -0.1) is 0 Å². The van der Waals surface area contributed by atoms with Crippen LogP contribution in [0.2, 0.25) is 6.04 Å². The van der Waals surface area contributed by atoms with E-state index in [0.717, 1.165) is 6.61 Å². The smallest absolute Gasteiger partial charge is 0.207 e. The van der Waals surface area contributed by atoms with Gasteiger partial charge in [0.25, 0.3) is 0 Å². The van der Waals surface area contributed by atoms with Gasteiger partial charge in [-0.2, -0.15) is 0 Å². The molecule has 0 aromatic heterocycles. The highest BCUT2D eigenvalue weighted by Crippen LogP contribution is 1.98. The van der Waals surface area contributed by atoms with Crippen LogP contribution < -0.4 is 5.19 Å². The van der Waals surface area contributed by atoms with Gasteiger partial charge in [0.05, 0.1) is 0 Å². The van der Waals surface area contributed by atoms with Gasteiger partial charge in [-0.25, -0.2) is 0 Å². The fraction of sp³-hybridized carbons (Fsp3) is 0.500. The van der Waals surface area contributed by atoms with Crippen LogP contribution in [0, 0.1) is 0 Å². The number of unbranched alkanes of at least 4 members (excludes halogenated alkanes) is 1. The van der Waals surface area contributed by atoms with E-state index in [9.17, 15) is 0 Å². The number of hydrogen-bond donors (Lipinski definition) is 0. The van der Waals surface area contributed by atoms with E-state index < -0.39 is 9.04 Å². The minimum absolute atomic E-state index is 0.941. The van der Waals surface area contributed by atoms with E-state index in [2.05, 4.69) is 44.2 Å². The van der Waals surface area contributed by atoms with Crippen molar-refractivity contribution in [1.82, 2.24) is 0 Å². The molecular formula is C12H20OSi. The maximum absolute atomic E-state index is 5.96. The predicted molar refractivity (Wildman–Crippen MR) is 64.6 cm³/mol. The van der Waals surface area contributed by atoms with Gasteiger partial charge in [0.1, 0.15) is 0 Å². The van der Waals surface area contributed by atoms with Gasteiger partial charge in [-0.3, -0.25) is 0 Å². The summed E-state index contributed by atoms with van der Waals surface area (Å²) in [4.78, 5) is 0. The summed E-state index contributed by atoms with van der Waals surface area (Å²) in [5.41, 5.74) is 0. The van der Waals surface area contributed by atoms with Crippen molar-refractivity contribution < 1.29 is 4.43 Å². The first-order valence-electron chi connectivity index (χ1n) is 5.55. The van der Waals surface area contributed by atoms with Crippen LogP contribution in [-0.2, 0) is 4.43 Å². The molecule has 0 bridgehead atoms. The molecule has 1 aromatic carbocycles. The lowest BCUT2D eigenvalue weighted by molar-refractivity contribution is 0.317. The molecule has 0 spiro atoms. The average molecular weight is 208 g/mol. The van der Waals surface area contributed by atoms with E-state index in [4.69, 9.17) is 4.43 Å². The second kappa shape index (κ2) is 6.79. The molecular weight excluding hydrogens is 188 g/mol. The highest BCUT2D eigenvalue weighted by atomic mass is 28.3. The molecule has 1 unspecified atom stereocenters. The van der Waals surface area contributed by atoms with E-state index in [-0.39, 0.29) is 0 Å². The second-order valence-electron chi connectivity index (χ2n) is 3.53. The average Bonchev–Trinajstić information content (AvgIpc) is 2.26. The van der Waals surface area contributed by atoms with Crippen LogP contribution >= 0.6 is 0 Å². The van der Waals surface area contributed by atoms with Crippen molar-refractivity contribution >= 4 is 14.2 Å². The summed E-state index contributed by atoms with van der Waals surface area (Å²) in [7, 11) is -1.10. The first-order valence-corrected chi connectivity index (χ1v) is 7.41. The van der Waals surface area contributed by atoms with Crippen LogP contribution in [0.1, 0.15) is 26.7 Å². The minimum atomic E-state index is -1.10. The zero-order valence-electron chi connectivity index (χ0n) is 9.20. The van der Waals surface area contributed by atoms with E-state index in [1.807, 2.05) is 0 Å². The maximum Gasteiger partial charge on any atom is 0.207 e. The van der Waals surface area contributed by atoms with Crippen LogP contribution in [0.3, 0.4) is 0 Å². The molecule has 1 atom stereocenters. The Hall–Kier alpha value is -0.603. The van der Waals surface area contributed by atoms with Gasteiger partial charge in [-0.1, -0.05) is 50.6 Å². The molecule has 0 aliphatic carbocycles. The van der Waals surface area contributed by atoms with Crippen molar-refractivity contribution in [3.8, 4) is 0 Å². The summed E-state index contributed by atoms with van der Waals surface area (Å²) in [6.07, 6.45) is 2.41. The largest absolute Gasteiger partial charge is 0.415 e. The molecule has 0 saturated carbocycles. The third kappa shape index (κ3) is 3.64. The van der Waals surface area contributed by atoms with E-state index in [0.29, 0.717) is 0 Å². The maximum atomic E-state index is 5.96. The summed E-state index contributed by atoms with van der Waals surface area (Å²) < 4.78 is 5.96. The highest BCUT2D eigenvalue weighted by Gasteiger charge is 2.10. The van der Waals surface area contributed by atoms with Gasteiger partial charge in [-0.05, 0) is 17.7 Å². The summed E-state index contributed by atoms with van der Waals surface area (Å²) in [5.74, 6) is 0. The third-order valence-electron chi connectivity index (χ3n) is 2.36. The number of rotatable bonds is 6. The summed E-state index contributed by atoms with van der Waals surface area (Å²) in [6.45, 7) is 5.38. The van der Waals surface area contributed by atoms with Crippen molar-refractivity contribution in [2.24, 2.45) is 0 Å². The SMILES string of the molecule is CCCCO[SiH](CC)c1ccccc1. The van der Waals surface area contributed by atoms with Crippen LogP contribution in [0.25, 0.3) is 0 Å². The van der Waals surface area contributed by atoms with Gasteiger partial charge < -0.3 is 4.43 Å². The lowest BCUT2D eigenvalue weighted by Gasteiger charge is -2.14. The Bertz CT molecular complexity index is 235. The Labute approximate surface area is 88.8 Å². The van der Waals surface area contributed by atoms with Crippen LogP contribution in [-0.4, -0.2) is 15.6 Å². The third-order valence-corrected chi connectivity index (χ3v) is 4.87. The van der Waals surface area contributed by atoms with Crippen LogP contribution in [0.4, 0.5) is 0 Å². The molecule has 0 radical (unpaired) electrons. The molecule has 1 rings (SSSR count). The van der Waals surface area contributed by atoms with Gasteiger partial charge in [0, 0.05) is 6.61 Å². The van der Waals surface area contributed by atoms with Gasteiger partial charge in [0.2, 0.25) is 9.04 Å². The summed E-state index contributed by atoms with van der Waals surface area (Å²) in [5, 5.41) is 1.44. The molecule has 0 aliphatic rings. The standard InChI is InChI=1S/C12H20OSi/c1-3-5-11-13-14(4-2)12-9-7-6-8-10-12/h6-10,14H,3-5,11H2,1-2H3. The van der Waals surface area contributed by atoms with E-state index in [1.165, 1.54) is 24.1 Å².